The summed E-state index contributed by atoms with van der Waals surface area (Å²) in [4.78, 5) is 2.45. The predicted molar refractivity (Wildman–Crippen MR) is 51.4 cm³/mol. The summed E-state index contributed by atoms with van der Waals surface area (Å²) in [6.07, 6.45) is 4.21. The second-order valence-electron chi connectivity index (χ2n) is 3.53. The van der Waals surface area contributed by atoms with Crippen LogP contribution in [0.1, 0.15) is 33.1 Å². The molecule has 0 aromatic rings. The maximum Gasteiger partial charge on any atom is 0.0714 e. The lowest BCUT2D eigenvalue weighted by Gasteiger charge is -2.13. The zero-order chi connectivity index (χ0) is 8.81. The number of hydrogen-bond donors (Lipinski definition) is 0. The Balaban J connectivity index is 2.03. The van der Waals surface area contributed by atoms with E-state index in [0.29, 0.717) is 6.10 Å². The summed E-state index contributed by atoms with van der Waals surface area (Å²) in [6, 6.07) is 0. The third-order valence-corrected chi connectivity index (χ3v) is 2.53. The first-order valence-corrected chi connectivity index (χ1v) is 5.20. The van der Waals surface area contributed by atoms with Crippen LogP contribution in [0.25, 0.3) is 0 Å². The van der Waals surface area contributed by atoms with Crippen LogP contribution in [0.15, 0.2) is 0 Å². The molecule has 1 aliphatic heterocycles. The number of ether oxygens (including phenoxy) is 1. The van der Waals surface area contributed by atoms with Crippen LogP contribution >= 0.6 is 0 Å². The minimum Gasteiger partial charge on any atom is -0.377 e. The Labute approximate surface area is 75.9 Å². The molecule has 1 saturated heterocycles. The molecular weight excluding hydrogens is 150 g/mol. The standard InChI is InChI=1S/C10H21NO/c1-3-5-8-12-10-6-7-11(4-2)9-10/h10H,3-9H2,1-2H3. The number of hydrogen-bond acceptors (Lipinski definition) is 2. The van der Waals surface area contributed by atoms with Crippen molar-refractivity contribution in [1.29, 1.82) is 0 Å². The van der Waals surface area contributed by atoms with E-state index in [0.717, 1.165) is 13.2 Å². The van der Waals surface area contributed by atoms with Crippen LogP contribution in [0.5, 0.6) is 0 Å². The average molecular weight is 171 g/mol. The van der Waals surface area contributed by atoms with Crippen LogP contribution in [-0.2, 0) is 4.74 Å². The van der Waals surface area contributed by atoms with Gasteiger partial charge in [-0.15, -0.1) is 0 Å². The highest BCUT2D eigenvalue weighted by atomic mass is 16.5. The largest absolute Gasteiger partial charge is 0.377 e. The van der Waals surface area contributed by atoms with E-state index in [-0.39, 0.29) is 0 Å². The fourth-order valence-corrected chi connectivity index (χ4v) is 1.61. The molecule has 1 fully saturated rings. The summed E-state index contributed by atoms with van der Waals surface area (Å²) in [5.74, 6) is 0. The molecule has 1 rings (SSSR count). The number of unbranched alkanes of at least 4 members (excludes halogenated alkanes) is 1. The predicted octanol–water partition coefficient (Wildman–Crippen LogP) is 1.90. The molecule has 72 valence electrons. The lowest BCUT2D eigenvalue weighted by molar-refractivity contribution is 0.0576. The summed E-state index contributed by atoms with van der Waals surface area (Å²) in [6.45, 7) is 8.94. The molecule has 1 atom stereocenters. The Morgan fingerprint density at radius 1 is 1.42 bits per heavy atom. The molecule has 0 aromatic heterocycles. The van der Waals surface area contributed by atoms with E-state index < -0.39 is 0 Å². The van der Waals surface area contributed by atoms with Crippen molar-refractivity contribution < 1.29 is 4.74 Å². The maximum absolute atomic E-state index is 5.73. The molecule has 0 bridgehead atoms. The maximum atomic E-state index is 5.73. The minimum absolute atomic E-state index is 0.525. The van der Waals surface area contributed by atoms with Crippen LogP contribution in [0.2, 0.25) is 0 Å². The quantitative estimate of drug-likeness (QED) is 0.586. The van der Waals surface area contributed by atoms with Crippen LogP contribution in [0, 0.1) is 0 Å². The first kappa shape index (κ1) is 10.0. The van der Waals surface area contributed by atoms with Crippen molar-refractivity contribution in [2.45, 2.75) is 39.2 Å². The van der Waals surface area contributed by atoms with E-state index in [2.05, 4.69) is 18.7 Å². The Morgan fingerprint density at radius 3 is 2.83 bits per heavy atom. The van der Waals surface area contributed by atoms with Gasteiger partial charge in [-0.05, 0) is 19.4 Å². The molecule has 0 radical (unpaired) electrons. The van der Waals surface area contributed by atoms with E-state index in [9.17, 15) is 0 Å². The summed E-state index contributed by atoms with van der Waals surface area (Å²) < 4.78 is 5.73. The van der Waals surface area contributed by atoms with Gasteiger partial charge in [-0.1, -0.05) is 20.3 Å². The fourth-order valence-electron chi connectivity index (χ4n) is 1.61. The van der Waals surface area contributed by atoms with Gasteiger partial charge in [-0.25, -0.2) is 0 Å². The second-order valence-corrected chi connectivity index (χ2v) is 3.53. The van der Waals surface area contributed by atoms with Crippen molar-refractivity contribution in [3.63, 3.8) is 0 Å². The van der Waals surface area contributed by atoms with Crippen molar-refractivity contribution in [2.24, 2.45) is 0 Å². The fraction of sp³-hybridized carbons (Fsp3) is 1.00. The first-order chi connectivity index (χ1) is 5.86. The lowest BCUT2D eigenvalue weighted by atomic mass is 10.3. The van der Waals surface area contributed by atoms with E-state index in [1.54, 1.807) is 0 Å². The molecule has 0 aliphatic carbocycles. The molecular formula is C10H21NO. The van der Waals surface area contributed by atoms with Crippen molar-refractivity contribution in [2.75, 3.05) is 26.2 Å². The topological polar surface area (TPSA) is 12.5 Å². The zero-order valence-corrected chi connectivity index (χ0v) is 8.38. The molecule has 0 aromatic carbocycles. The lowest BCUT2D eigenvalue weighted by Crippen LogP contribution is -2.23. The Morgan fingerprint density at radius 2 is 2.25 bits per heavy atom. The molecule has 1 aliphatic rings. The van der Waals surface area contributed by atoms with Gasteiger partial charge in [0.2, 0.25) is 0 Å². The van der Waals surface area contributed by atoms with Crippen molar-refractivity contribution >= 4 is 0 Å². The zero-order valence-electron chi connectivity index (χ0n) is 8.38. The highest BCUT2D eigenvalue weighted by Crippen LogP contribution is 2.12. The van der Waals surface area contributed by atoms with Crippen molar-refractivity contribution in [3.8, 4) is 0 Å². The van der Waals surface area contributed by atoms with Crippen LogP contribution in [0.4, 0.5) is 0 Å². The van der Waals surface area contributed by atoms with Gasteiger partial charge in [0.25, 0.3) is 0 Å². The smallest absolute Gasteiger partial charge is 0.0714 e. The van der Waals surface area contributed by atoms with Gasteiger partial charge in [0.05, 0.1) is 6.10 Å². The van der Waals surface area contributed by atoms with E-state index in [1.165, 1.54) is 32.4 Å². The van der Waals surface area contributed by atoms with Gasteiger partial charge in [-0.2, -0.15) is 0 Å². The van der Waals surface area contributed by atoms with Crippen molar-refractivity contribution in [1.82, 2.24) is 4.90 Å². The van der Waals surface area contributed by atoms with E-state index >= 15 is 0 Å². The number of likely N-dealkylation sites (tertiary alicyclic amines) is 1. The van der Waals surface area contributed by atoms with Gasteiger partial charge in [-0.3, -0.25) is 0 Å². The highest BCUT2D eigenvalue weighted by Gasteiger charge is 2.20. The normalized spacial score (nSPS) is 25.0. The summed E-state index contributed by atoms with van der Waals surface area (Å²) in [5, 5.41) is 0. The summed E-state index contributed by atoms with van der Waals surface area (Å²) >= 11 is 0. The molecule has 12 heavy (non-hydrogen) atoms. The molecule has 2 heteroatoms. The Bertz CT molecular complexity index is 116. The number of rotatable bonds is 5. The van der Waals surface area contributed by atoms with Crippen molar-refractivity contribution in [3.05, 3.63) is 0 Å². The number of nitrogens with zero attached hydrogens (tertiary/aromatic N) is 1. The monoisotopic (exact) mass is 171 g/mol. The summed E-state index contributed by atoms with van der Waals surface area (Å²) in [7, 11) is 0. The summed E-state index contributed by atoms with van der Waals surface area (Å²) in [5.41, 5.74) is 0. The van der Waals surface area contributed by atoms with Gasteiger partial charge in [0.15, 0.2) is 0 Å². The van der Waals surface area contributed by atoms with Crippen LogP contribution in [-0.4, -0.2) is 37.2 Å². The van der Waals surface area contributed by atoms with Gasteiger partial charge in [0.1, 0.15) is 0 Å². The molecule has 1 unspecified atom stereocenters. The van der Waals surface area contributed by atoms with Gasteiger partial charge >= 0.3 is 0 Å². The SMILES string of the molecule is CCCCOC1CCN(CC)C1. The third kappa shape index (κ3) is 3.11. The molecule has 0 N–H and O–H groups in total. The third-order valence-electron chi connectivity index (χ3n) is 2.53. The Hall–Kier alpha value is -0.0800. The number of likely N-dealkylation sites (N-methyl/N-ethyl adjacent to an activating group) is 1. The average Bonchev–Trinajstić information content (AvgIpc) is 2.53. The highest BCUT2D eigenvalue weighted by molar-refractivity contribution is 4.74. The van der Waals surface area contributed by atoms with Gasteiger partial charge < -0.3 is 9.64 Å². The molecule has 2 nitrogen and oxygen atoms in total. The second kappa shape index (κ2) is 5.55. The Kier molecular flexibility index (Phi) is 4.62. The first-order valence-electron chi connectivity index (χ1n) is 5.20. The molecule has 0 saturated carbocycles. The molecule has 1 heterocycles. The molecule has 0 amide bonds. The van der Waals surface area contributed by atoms with Crippen LogP contribution in [0.3, 0.4) is 0 Å². The van der Waals surface area contributed by atoms with E-state index in [4.69, 9.17) is 4.74 Å². The molecule has 0 spiro atoms. The van der Waals surface area contributed by atoms with Gasteiger partial charge in [0, 0.05) is 19.7 Å². The van der Waals surface area contributed by atoms with Crippen LogP contribution < -0.4 is 0 Å². The minimum atomic E-state index is 0.525. The van der Waals surface area contributed by atoms with E-state index in [1.807, 2.05) is 0 Å².